The van der Waals surface area contributed by atoms with Gasteiger partial charge < -0.3 is 0 Å². The largest absolute Gasteiger partial charge is 0.208 e. The van der Waals surface area contributed by atoms with E-state index in [-0.39, 0.29) is 0 Å². The zero-order chi connectivity index (χ0) is 38.6. The van der Waals surface area contributed by atoms with Crippen LogP contribution in [0.2, 0.25) is 39.3 Å². The van der Waals surface area contributed by atoms with Crippen molar-refractivity contribution < 1.29 is 0 Å². The Balaban J connectivity index is 1.08. The zero-order valence-electron chi connectivity index (χ0n) is 32.9. The third-order valence-corrected chi connectivity index (χ3v) is 15.2. The average Bonchev–Trinajstić information content (AvgIpc) is 3.23. The highest BCUT2D eigenvalue weighted by Crippen LogP contribution is 2.37. The number of benzene rings is 8. The standard InChI is InChI=1S/C51H45N3Si2/c1-55(2,3)41-27-22-36(23-28-41)49-52-50(37-24-29-42(30-25-37)56(4,5)6)54-51(53-49)40-13-11-12-38(32-40)34-18-20-35(21-19-34)39-26-31-47-45-16-8-7-14-43(45)44-15-9-10-17-46(44)48(47)33-39/h7-33H,1-6H3. The molecule has 1 aromatic heterocycles. The van der Waals surface area contributed by atoms with E-state index in [0.717, 1.165) is 27.8 Å². The molecule has 0 aliphatic carbocycles. The molecule has 0 saturated heterocycles. The molecule has 0 aliphatic rings. The van der Waals surface area contributed by atoms with Crippen molar-refractivity contribution in [3.05, 3.63) is 164 Å². The molecule has 0 unspecified atom stereocenters. The van der Waals surface area contributed by atoms with Crippen LogP contribution >= 0.6 is 0 Å². The Morgan fingerprint density at radius 3 is 1.05 bits per heavy atom. The molecule has 5 heteroatoms. The van der Waals surface area contributed by atoms with E-state index in [1.165, 1.54) is 53.8 Å². The van der Waals surface area contributed by atoms with Gasteiger partial charge in [0.2, 0.25) is 0 Å². The monoisotopic (exact) mass is 755 g/mol. The maximum atomic E-state index is 5.10. The number of hydrogen-bond acceptors (Lipinski definition) is 3. The number of hydrogen-bond donors (Lipinski definition) is 0. The van der Waals surface area contributed by atoms with Crippen LogP contribution in [-0.2, 0) is 0 Å². The number of aromatic nitrogens is 3. The van der Waals surface area contributed by atoms with Gasteiger partial charge in [-0.2, -0.15) is 0 Å². The van der Waals surface area contributed by atoms with Gasteiger partial charge in [-0.1, -0.05) is 201 Å². The van der Waals surface area contributed by atoms with Crippen molar-refractivity contribution in [2.45, 2.75) is 39.3 Å². The third-order valence-electron chi connectivity index (χ3n) is 11.1. The van der Waals surface area contributed by atoms with Crippen molar-refractivity contribution >= 4 is 58.8 Å². The van der Waals surface area contributed by atoms with Crippen molar-refractivity contribution in [1.29, 1.82) is 0 Å². The van der Waals surface area contributed by atoms with Crippen molar-refractivity contribution in [3.63, 3.8) is 0 Å². The Morgan fingerprint density at radius 1 is 0.268 bits per heavy atom. The van der Waals surface area contributed by atoms with Gasteiger partial charge in [-0.15, -0.1) is 0 Å². The van der Waals surface area contributed by atoms with Crippen LogP contribution in [0, 0.1) is 0 Å². The molecule has 9 aromatic rings. The van der Waals surface area contributed by atoms with E-state index in [1.807, 2.05) is 0 Å². The lowest BCUT2D eigenvalue weighted by Crippen LogP contribution is -2.37. The van der Waals surface area contributed by atoms with E-state index in [2.05, 4.69) is 203 Å². The molecule has 3 nitrogen and oxygen atoms in total. The van der Waals surface area contributed by atoms with Gasteiger partial charge >= 0.3 is 0 Å². The molecule has 0 spiro atoms. The predicted molar refractivity (Wildman–Crippen MR) is 245 cm³/mol. The molecule has 0 radical (unpaired) electrons. The molecule has 8 aromatic carbocycles. The second kappa shape index (κ2) is 13.9. The van der Waals surface area contributed by atoms with Crippen molar-refractivity contribution in [2.24, 2.45) is 0 Å². The minimum absolute atomic E-state index is 0.669. The lowest BCUT2D eigenvalue weighted by atomic mass is 9.92. The summed E-state index contributed by atoms with van der Waals surface area (Å²) in [6.45, 7) is 14.2. The van der Waals surface area contributed by atoms with Gasteiger partial charge in [0.1, 0.15) is 0 Å². The molecule has 0 saturated carbocycles. The smallest absolute Gasteiger partial charge is 0.164 e. The summed E-state index contributed by atoms with van der Waals surface area (Å²) in [5.74, 6) is 2.04. The second-order valence-corrected chi connectivity index (χ2v) is 27.1. The molecule has 0 bridgehead atoms. The maximum absolute atomic E-state index is 5.10. The number of nitrogens with zero attached hydrogens (tertiary/aromatic N) is 3. The SMILES string of the molecule is C[Si](C)(C)c1ccc(-c2nc(-c3ccc([Si](C)(C)C)cc3)nc(-c3cccc(-c4ccc(-c5ccc6c7ccccc7c7ccccc7c6c5)cc4)c3)n2)cc1. The quantitative estimate of drug-likeness (QED) is 0.120. The summed E-state index contributed by atoms with van der Waals surface area (Å²) < 4.78 is 0. The molecular weight excluding hydrogens is 711 g/mol. The van der Waals surface area contributed by atoms with Gasteiger partial charge in [0.05, 0.1) is 16.1 Å². The average molecular weight is 756 g/mol. The first-order valence-electron chi connectivity index (χ1n) is 19.5. The first-order chi connectivity index (χ1) is 27.0. The van der Waals surface area contributed by atoms with Crippen molar-refractivity contribution in [3.8, 4) is 56.4 Å². The summed E-state index contributed by atoms with van der Waals surface area (Å²) in [5.41, 5.74) is 7.62. The molecule has 0 aliphatic heterocycles. The van der Waals surface area contributed by atoms with Crippen LogP contribution < -0.4 is 10.4 Å². The highest BCUT2D eigenvalue weighted by molar-refractivity contribution is 6.89. The minimum Gasteiger partial charge on any atom is -0.208 e. The van der Waals surface area contributed by atoms with E-state index < -0.39 is 16.1 Å². The fourth-order valence-electron chi connectivity index (χ4n) is 7.78. The van der Waals surface area contributed by atoms with E-state index >= 15 is 0 Å². The van der Waals surface area contributed by atoms with Crippen LogP contribution in [0.5, 0.6) is 0 Å². The number of rotatable bonds is 7. The lowest BCUT2D eigenvalue weighted by molar-refractivity contribution is 1.07. The van der Waals surface area contributed by atoms with Crippen LogP contribution in [0.4, 0.5) is 0 Å². The second-order valence-electron chi connectivity index (χ2n) is 17.0. The van der Waals surface area contributed by atoms with Crippen LogP contribution in [0.15, 0.2) is 164 Å². The molecule has 9 rings (SSSR count). The molecule has 0 fully saturated rings. The van der Waals surface area contributed by atoms with Gasteiger partial charge in [-0.3, -0.25) is 0 Å². The Kier molecular flexibility index (Phi) is 8.87. The van der Waals surface area contributed by atoms with Gasteiger partial charge in [-0.25, -0.2) is 15.0 Å². The van der Waals surface area contributed by atoms with E-state index in [9.17, 15) is 0 Å². The summed E-state index contributed by atoms with van der Waals surface area (Å²) in [5, 5.41) is 10.6. The summed E-state index contributed by atoms with van der Waals surface area (Å²) in [4.78, 5) is 15.2. The van der Waals surface area contributed by atoms with Crippen molar-refractivity contribution in [1.82, 2.24) is 15.0 Å². The Bertz CT molecular complexity index is 2790. The normalized spacial score (nSPS) is 12.1. The summed E-state index contributed by atoms with van der Waals surface area (Å²) in [6.07, 6.45) is 0. The first kappa shape index (κ1) is 35.7. The summed E-state index contributed by atoms with van der Waals surface area (Å²) in [6, 6.07) is 59.6. The van der Waals surface area contributed by atoms with Crippen LogP contribution in [-0.4, -0.2) is 31.1 Å². The Hall–Kier alpha value is -6.02. The topological polar surface area (TPSA) is 38.7 Å². The number of fused-ring (bicyclic) bond motifs is 6. The maximum Gasteiger partial charge on any atom is 0.164 e. The third kappa shape index (κ3) is 6.78. The highest BCUT2D eigenvalue weighted by Gasteiger charge is 2.19. The van der Waals surface area contributed by atoms with E-state index in [0.29, 0.717) is 17.5 Å². The van der Waals surface area contributed by atoms with E-state index in [4.69, 9.17) is 15.0 Å². The van der Waals surface area contributed by atoms with Crippen LogP contribution in [0.3, 0.4) is 0 Å². The van der Waals surface area contributed by atoms with Crippen LogP contribution in [0.25, 0.3) is 88.7 Å². The highest BCUT2D eigenvalue weighted by atomic mass is 28.3. The lowest BCUT2D eigenvalue weighted by Gasteiger charge is -2.17. The molecule has 56 heavy (non-hydrogen) atoms. The van der Waals surface area contributed by atoms with Gasteiger partial charge in [0, 0.05) is 16.7 Å². The molecule has 1 heterocycles. The molecule has 0 atom stereocenters. The van der Waals surface area contributed by atoms with Gasteiger partial charge in [0.15, 0.2) is 17.5 Å². The van der Waals surface area contributed by atoms with E-state index in [1.54, 1.807) is 0 Å². The van der Waals surface area contributed by atoms with Gasteiger partial charge in [0.25, 0.3) is 0 Å². The molecular formula is C51H45N3Si2. The van der Waals surface area contributed by atoms with Crippen molar-refractivity contribution in [2.75, 3.05) is 0 Å². The molecule has 0 amide bonds. The summed E-state index contributed by atoms with van der Waals surface area (Å²) in [7, 11) is -2.89. The first-order valence-corrected chi connectivity index (χ1v) is 26.5. The fraction of sp³-hybridized carbons (Fsp3) is 0.118. The van der Waals surface area contributed by atoms with Gasteiger partial charge in [-0.05, 0) is 66.7 Å². The summed E-state index contributed by atoms with van der Waals surface area (Å²) >= 11 is 0. The Morgan fingerprint density at radius 2 is 0.607 bits per heavy atom. The zero-order valence-corrected chi connectivity index (χ0v) is 34.9. The predicted octanol–water partition coefficient (Wildman–Crippen LogP) is 12.8. The molecule has 272 valence electrons. The fourth-order valence-corrected chi connectivity index (χ4v) is 10.1. The minimum atomic E-state index is -1.45. The molecule has 0 N–H and O–H groups in total. The van der Waals surface area contributed by atoms with Crippen LogP contribution in [0.1, 0.15) is 0 Å². The Labute approximate surface area is 331 Å².